The zero-order chi connectivity index (χ0) is 15.1. The molecule has 1 saturated carbocycles. The number of benzene rings is 1. The first-order chi connectivity index (χ1) is 10.2. The number of halogens is 1. The molecule has 2 atom stereocenters. The molecule has 1 aromatic carbocycles. The van der Waals surface area contributed by atoms with Gasteiger partial charge in [-0.2, -0.15) is 0 Å². The van der Waals surface area contributed by atoms with Gasteiger partial charge in [0.2, 0.25) is 0 Å². The van der Waals surface area contributed by atoms with Crippen molar-refractivity contribution in [3.05, 3.63) is 28.2 Å². The van der Waals surface area contributed by atoms with Crippen molar-refractivity contribution in [2.75, 3.05) is 6.61 Å². The molecule has 1 aliphatic rings. The number of terminal acetylenes is 1. The van der Waals surface area contributed by atoms with Crippen molar-refractivity contribution in [3.8, 4) is 18.1 Å². The normalized spacial score (nSPS) is 22.3. The van der Waals surface area contributed by atoms with Gasteiger partial charge in [0.1, 0.15) is 12.4 Å². The van der Waals surface area contributed by atoms with E-state index in [1.807, 2.05) is 18.2 Å². The fourth-order valence-electron chi connectivity index (χ4n) is 2.71. The van der Waals surface area contributed by atoms with E-state index in [0.29, 0.717) is 6.54 Å². The number of rotatable bonds is 5. The van der Waals surface area contributed by atoms with Crippen molar-refractivity contribution in [3.63, 3.8) is 0 Å². The largest absolute Gasteiger partial charge is 0.481 e. The first-order valence-corrected chi connectivity index (χ1v) is 8.26. The molecule has 0 aromatic heterocycles. The Hall–Kier alpha value is -1.02. The summed E-state index contributed by atoms with van der Waals surface area (Å²) in [6.07, 6.45) is 10.4. The van der Waals surface area contributed by atoms with Gasteiger partial charge in [-0.05, 0) is 31.0 Å². The van der Waals surface area contributed by atoms with Gasteiger partial charge >= 0.3 is 0 Å². The van der Waals surface area contributed by atoms with Gasteiger partial charge in [0.05, 0.1) is 6.10 Å². The third-order valence-corrected chi connectivity index (χ3v) is 4.36. The van der Waals surface area contributed by atoms with Crippen LogP contribution in [0.2, 0.25) is 0 Å². The van der Waals surface area contributed by atoms with Crippen molar-refractivity contribution in [2.24, 2.45) is 0 Å². The lowest BCUT2D eigenvalue weighted by Gasteiger charge is -2.22. The smallest absolute Gasteiger partial charge is 0.148 e. The van der Waals surface area contributed by atoms with E-state index >= 15 is 0 Å². The lowest BCUT2D eigenvalue weighted by atomic mass is 10.1. The second kappa shape index (κ2) is 8.43. The first-order valence-electron chi connectivity index (χ1n) is 7.47. The van der Waals surface area contributed by atoms with Crippen molar-refractivity contribution in [2.45, 2.75) is 50.8 Å². The van der Waals surface area contributed by atoms with Crippen LogP contribution in [0.4, 0.5) is 0 Å². The highest BCUT2D eigenvalue weighted by molar-refractivity contribution is 9.10. The summed E-state index contributed by atoms with van der Waals surface area (Å²) >= 11 is 3.48. The van der Waals surface area contributed by atoms with Crippen LogP contribution in [0.5, 0.6) is 5.75 Å². The van der Waals surface area contributed by atoms with Gasteiger partial charge in [-0.15, -0.1) is 6.42 Å². The summed E-state index contributed by atoms with van der Waals surface area (Å²) in [5, 5.41) is 13.6. The molecular weight excluding hydrogens is 330 g/mol. The third-order valence-electron chi connectivity index (χ3n) is 3.87. The Morgan fingerprint density at radius 3 is 2.95 bits per heavy atom. The fraction of sp³-hybridized carbons (Fsp3) is 0.529. The number of aliphatic hydroxyl groups is 1. The maximum Gasteiger partial charge on any atom is 0.148 e. The Morgan fingerprint density at radius 1 is 1.33 bits per heavy atom. The van der Waals surface area contributed by atoms with E-state index < -0.39 is 0 Å². The van der Waals surface area contributed by atoms with Crippen LogP contribution in [-0.4, -0.2) is 23.9 Å². The van der Waals surface area contributed by atoms with Gasteiger partial charge < -0.3 is 15.2 Å². The molecule has 2 N–H and O–H groups in total. The van der Waals surface area contributed by atoms with Crippen molar-refractivity contribution in [1.82, 2.24) is 5.32 Å². The Balaban J connectivity index is 2.00. The van der Waals surface area contributed by atoms with Crippen LogP contribution in [0, 0.1) is 12.3 Å². The second-order valence-electron chi connectivity index (χ2n) is 5.44. The van der Waals surface area contributed by atoms with Crippen LogP contribution in [0.15, 0.2) is 22.7 Å². The highest BCUT2D eigenvalue weighted by Crippen LogP contribution is 2.24. The van der Waals surface area contributed by atoms with Crippen LogP contribution in [0.25, 0.3) is 0 Å². The molecule has 0 saturated heterocycles. The molecule has 4 heteroatoms. The summed E-state index contributed by atoms with van der Waals surface area (Å²) in [4.78, 5) is 0. The predicted molar refractivity (Wildman–Crippen MR) is 88.2 cm³/mol. The van der Waals surface area contributed by atoms with Crippen molar-refractivity contribution < 1.29 is 9.84 Å². The van der Waals surface area contributed by atoms with Gasteiger partial charge in [0.25, 0.3) is 0 Å². The molecule has 1 fully saturated rings. The molecule has 0 aliphatic heterocycles. The van der Waals surface area contributed by atoms with Crippen LogP contribution in [0.1, 0.15) is 37.7 Å². The van der Waals surface area contributed by atoms with Crippen LogP contribution < -0.4 is 10.1 Å². The number of ether oxygens (including phenoxy) is 1. The van der Waals surface area contributed by atoms with Crippen LogP contribution in [-0.2, 0) is 6.54 Å². The molecule has 3 nitrogen and oxygen atoms in total. The molecule has 0 amide bonds. The summed E-state index contributed by atoms with van der Waals surface area (Å²) in [6.45, 7) is 0.932. The Bertz CT molecular complexity index is 498. The van der Waals surface area contributed by atoms with E-state index in [4.69, 9.17) is 11.2 Å². The minimum Gasteiger partial charge on any atom is -0.481 e. The molecular formula is C17H22BrNO2. The minimum atomic E-state index is -0.255. The van der Waals surface area contributed by atoms with E-state index in [2.05, 4.69) is 27.2 Å². The van der Waals surface area contributed by atoms with E-state index in [1.165, 1.54) is 12.8 Å². The van der Waals surface area contributed by atoms with E-state index in [0.717, 1.165) is 35.0 Å². The maximum absolute atomic E-state index is 10.2. The van der Waals surface area contributed by atoms with E-state index in [9.17, 15) is 5.11 Å². The number of nitrogens with one attached hydrogen (secondary N) is 1. The zero-order valence-electron chi connectivity index (χ0n) is 12.1. The van der Waals surface area contributed by atoms with Gasteiger partial charge in [-0.25, -0.2) is 0 Å². The third kappa shape index (κ3) is 5.03. The predicted octanol–water partition coefficient (Wildman–Crippen LogP) is 3.24. The molecule has 0 spiro atoms. The highest BCUT2D eigenvalue weighted by Gasteiger charge is 2.21. The summed E-state index contributed by atoms with van der Waals surface area (Å²) in [5.74, 6) is 3.28. The highest BCUT2D eigenvalue weighted by atomic mass is 79.9. The first kappa shape index (κ1) is 16.4. The van der Waals surface area contributed by atoms with Gasteiger partial charge in [0.15, 0.2) is 0 Å². The zero-order valence-corrected chi connectivity index (χ0v) is 13.7. The summed E-state index contributed by atoms with van der Waals surface area (Å²) in [5.41, 5.74) is 1.05. The lowest BCUT2D eigenvalue weighted by molar-refractivity contribution is 0.119. The molecule has 1 aromatic rings. The fourth-order valence-corrected chi connectivity index (χ4v) is 3.12. The molecule has 114 valence electrons. The topological polar surface area (TPSA) is 41.5 Å². The van der Waals surface area contributed by atoms with Gasteiger partial charge in [-0.3, -0.25) is 0 Å². The monoisotopic (exact) mass is 351 g/mol. The Morgan fingerprint density at radius 2 is 2.14 bits per heavy atom. The Labute approximate surface area is 135 Å². The standard InChI is InChI=1S/C17H22BrNO2/c1-2-10-21-17-9-8-14(18)11-13(17)12-19-15-6-4-3-5-7-16(15)20/h1,8-9,11,15-16,19-20H,3-7,10,12H2. The molecule has 21 heavy (non-hydrogen) atoms. The quantitative estimate of drug-likeness (QED) is 0.632. The number of aliphatic hydroxyl groups excluding tert-OH is 1. The van der Waals surface area contributed by atoms with E-state index in [-0.39, 0.29) is 18.8 Å². The summed E-state index contributed by atoms with van der Waals surface area (Å²) in [6, 6.07) is 6.05. The van der Waals surface area contributed by atoms with Gasteiger partial charge in [0, 0.05) is 22.6 Å². The van der Waals surface area contributed by atoms with Crippen LogP contribution >= 0.6 is 15.9 Å². The molecule has 0 bridgehead atoms. The average molecular weight is 352 g/mol. The van der Waals surface area contributed by atoms with Crippen molar-refractivity contribution in [1.29, 1.82) is 0 Å². The number of hydrogen-bond donors (Lipinski definition) is 2. The number of hydrogen-bond acceptors (Lipinski definition) is 3. The molecule has 2 rings (SSSR count). The van der Waals surface area contributed by atoms with Crippen molar-refractivity contribution >= 4 is 15.9 Å². The maximum atomic E-state index is 10.2. The van der Waals surface area contributed by atoms with E-state index in [1.54, 1.807) is 0 Å². The molecule has 1 aliphatic carbocycles. The summed E-state index contributed by atoms with van der Waals surface area (Å²) < 4.78 is 6.58. The van der Waals surface area contributed by atoms with Crippen LogP contribution in [0.3, 0.4) is 0 Å². The SMILES string of the molecule is C#CCOc1ccc(Br)cc1CNC1CCCCCC1O. The second-order valence-corrected chi connectivity index (χ2v) is 6.35. The Kier molecular flexibility index (Phi) is 6.56. The van der Waals surface area contributed by atoms with Gasteiger partial charge in [-0.1, -0.05) is 41.1 Å². The minimum absolute atomic E-state index is 0.159. The lowest BCUT2D eigenvalue weighted by Crippen LogP contribution is -2.38. The molecule has 0 radical (unpaired) electrons. The summed E-state index contributed by atoms with van der Waals surface area (Å²) in [7, 11) is 0. The molecule has 2 unspecified atom stereocenters. The average Bonchev–Trinajstić information content (AvgIpc) is 2.68. The molecule has 0 heterocycles.